The molecule has 19 heavy (non-hydrogen) atoms. The Balaban J connectivity index is 2.09. The summed E-state index contributed by atoms with van der Waals surface area (Å²) in [6.07, 6.45) is 2.43. The van der Waals surface area contributed by atoms with Gasteiger partial charge in [-0.25, -0.2) is 0 Å². The van der Waals surface area contributed by atoms with Crippen molar-refractivity contribution in [2.24, 2.45) is 11.8 Å². The summed E-state index contributed by atoms with van der Waals surface area (Å²) in [5.41, 5.74) is 0. The summed E-state index contributed by atoms with van der Waals surface area (Å²) >= 11 is 12.1. The Morgan fingerprint density at radius 3 is 2.74 bits per heavy atom. The van der Waals surface area contributed by atoms with Crippen molar-refractivity contribution in [1.29, 1.82) is 0 Å². The van der Waals surface area contributed by atoms with Gasteiger partial charge in [-0.15, -0.1) is 0 Å². The third-order valence-corrected chi connectivity index (χ3v) is 4.03. The molecule has 4 heteroatoms. The van der Waals surface area contributed by atoms with Crippen molar-refractivity contribution in [3.05, 3.63) is 28.2 Å². The fraction of sp³-hybridized carbons (Fsp3) is 0.600. The molecule has 1 unspecified atom stereocenters. The molecule has 2 nitrogen and oxygen atoms in total. The van der Waals surface area contributed by atoms with Gasteiger partial charge >= 0.3 is 0 Å². The Bertz CT molecular complexity index is 417. The van der Waals surface area contributed by atoms with Gasteiger partial charge in [-0.05, 0) is 43.5 Å². The van der Waals surface area contributed by atoms with Gasteiger partial charge in [0.15, 0.2) is 0 Å². The van der Waals surface area contributed by atoms with E-state index < -0.39 is 0 Å². The van der Waals surface area contributed by atoms with E-state index in [9.17, 15) is 0 Å². The molecule has 0 aliphatic carbocycles. The van der Waals surface area contributed by atoms with Gasteiger partial charge in [-0.1, -0.05) is 37.0 Å². The molecule has 1 aliphatic heterocycles. The minimum atomic E-state index is 0.216. The number of hydrogen-bond donors (Lipinski definition) is 1. The molecule has 1 aromatic carbocycles. The molecule has 0 amide bonds. The van der Waals surface area contributed by atoms with Gasteiger partial charge in [-0.2, -0.15) is 0 Å². The highest BCUT2D eigenvalue weighted by Crippen LogP contribution is 2.31. The third-order valence-electron chi connectivity index (χ3n) is 3.50. The summed E-state index contributed by atoms with van der Waals surface area (Å²) in [5.74, 6) is 1.91. The molecule has 0 spiro atoms. The van der Waals surface area contributed by atoms with E-state index in [1.165, 1.54) is 6.42 Å². The maximum Gasteiger partial charge on any atom is 0.138 e. The van der Waals surface area contributed by atoms with E-state index in [1.807, 2.05) is 12.1 Å². The molecule has 1 heterocycles. The lowest BCUT2D eigenvalue weighted by atomic mass is 9.93. The number of halogens is 2. The zero-order valence-corrected chi connectivity index (χ0v) is 13.0. The predicted octanol–water partition coefficient (Wildman–Crippen LogP) is 4.40. The number of ether oxygens (including phenoxy) is 1. The van der Waals surface area contributed by atoms with Crippen LogP contribution in [0.2, 0.25) is 10.0 Å². The third kappa shape index (κ3) is 4.27. The first kappa shape index (κ1) is 15.0. The van der Waals surface area contributed by atoms with Gasteiger partial charge in [0, 0.05) is 17.5 Å². The van der Waals surface area contributed by atoms with Gasteiger partial charge in [0.1, 0.15) is 11.9 Å². The number of benzene rings is 1. The average Bonchev–Trinajstić information content (AvgIpc) is 2.84. The first-order valence-corrected chi connectivity index (χ1v) is 7.64. The summed E-state index contributed by atoms with van der Waals surface area (Å²) in [6, 6.07) is 5.42. The molecular formula is C15H21Cl2NO. The topological polar surface area (TPSA) is 21.3 Å². The van der Waals surface area contributed by atoms with Crippen molar-refractivity contribution >= 4 is 23.2 Å². The summed E-state index contributed by atoms with van der Waals surface area (Å²) in [4.78, 5) is 0. The Morgan fingerprint density at radius 2 is 2.16 bits per heavy atom. The molecule has 0 bridgehead atoms. The standard InChI is InChI=1S/C15H21Cl2NO/c1-10(2)7-15(11-5-6-18-9-11)19-14-4-3-12(16)8-13(14)17/h3-4,8,10-11,15,18H,5-7,9H2,1-2H3/t11?,15-/m1/s1. The maximum absolute atomic E-state index is 6.19. The van der Waals surface area contributed by atoms with E-state index in [0.29, 0.717) is 21.9 Å². The number of hydrogen-bond acceptors (Lipinski definition) is 2. The molecule has 0 saturated carbocycles. The van der Waals surface area contributed by atoms with Crippen LogP contribution >= 0.6 is 23.2 Å². The molecule has 1 aliphatic rings. The highest BCUT2D eigenvalue weighted by Gasteiger charge is 2.27. The zero-order chi connectivity index (χ0) is 13.8. The van der Waals surface area contributed by atoms with Crippen molar-refractivity contribution in [3.63, 3.8) is 0 Å². The van der Waals surface area contributed by atoms with Gasteiger partial charge in [-0.3, -0.25) is 0 Å². The van der Waals surface area contributed by atoms with Crippen molar-refractivity contribution in [3.8, 4) is 5.75 Å². The van der Waals surface area contributed by atoms with Crippen LogP contribution < -0.4 is 10.1 Å². The fourth-order valence-electron chi connectivity index (χ4n) is 2.53. The van der Waals surface area contributed by atoms with E-state index in [0.717, 1.165) is 25.3 Å². The fourth-order valence-corrected chi connectivity index (χ4v) is 2.98. The van der Waals surface area contributed by atoms with E-state index >= 15 is 0 Å². The molecule has 1 saturated heterocycles. The second-order valence-electron chi connectivity index (χ2n) is 5.61. The lowest BCUT2D eigenvalue weighted by Crippen LogP contribution is -2.30. The second-order valence-corrected chi connectivity index (χ2v) is 6.46. The van der Waals surface area contributed by atoms with E-state index in [4.69, 9.17) is 27.9 Å². The van der Waals surface area contributed by atoms with E-state index in [1.54, 1.807) is 6.07 Å². The Hall–Kier alpha value is -0.440. The smallest absolute Gasteiger partial charge is 0.138 e. The predicted molar refractivity (Wildman–Crippen MR) is 81.3 cm³/mol. The van der Waals surface area contributed by atoms with Crippen LogP contribution in [0.5, 0.6) is 5.75 Å². The molecule has 1 fully saturated rings. The van der Waals surface area contributed by atoms with Crippen LogP contribution in [0.1, 0.15) is 26.7 Å². The molecule has 1 N–H and O–H groups in total. The van der Waals surface area contributed by atoms with Crippen LogP contribution in [0.25, 0.3) is 0 Å². The van der Waals surface area contributed by atoms with Crippen molar-refractivity contribution in [1.82, 2.24) is 5.32 Å². The lowest BCUT2D eigenvalue weighted by Gasteiger charge is -2.26. The highest BCUT2D eigenvalue weighted by molar-refractivity contribution is 6.35. The van der Waals surface area contributed by atoms with Crippen molar-refractivity contribution in [2.75, 3.05) is 13.1 Å². The van der Waals surface area contributed by atoms with Crippen LogP contribution in [-0.4, -0.2) is 19.2 Å². The van der Waals surface area contributed by atoms with Crippen LogP contribution in [0.15, 0.2) is 18.2 Å². The van der Waals surface area contributed by atoms with Gasteiger partial charge in [0.05, 0.1) is 5.02 Å². The minimum absolute atomic E-state index is 0.216. The summed E-state index contributed by atoms with van der Waals surface area (Å²) in [7, 11) is 0. The van der Waals surface area contributed by atoms with Crippen molar-refractivity contribution < 1.29 is 4.74 Å². The number of rotatable bonds is 5. The largest absolute Gasteiger partial charge is 0.489 e. The monoisotopic (exact) mass is 301 g/mol. The molecule has 2 atom stereocenters. The van der Waals surface area contributed by atoms with Crippen molar-refractivity contribution in [2.45, 2.75) is 32.8 Å². The molecule has 1 aromatic rings. The quantitative estimate of drug-likeness (QED) is 0.870. The summed E-state index contributed by atoms with van der Waals surface area (Å²) < 4.78 is 6.16. The Labute approximate surface area is 125 Å². The van der Waals surface area contributed by atoms with Gasteiger partial charge < -0.3 is 10.1 Å². The Morgan fingerprint density at radius 1 is 1.37 bits per heavy atom. The SMILES string of the molecule is CC(C)C[C@@H](Oc1ccc(Cl)cc1Cl)C1CCNC1. The van der Waals surface area contributed by atoms with Crippen LogP contribution in [0, 0.1) is 11.8 Å². The van der Waals surface area contributed by atoms with Gasteiger partial charge in [0.25, 0.3) is 0 Å². The molecule has 106 valence electrons. The summed E-state index contributed by atoms with van der Waals surface area (Å²) in [6.45, 7) is 6.56. The normalized spacial score (nSPS) is 20.8. The minimum Gasteiger partial charge on any atom is -0.489 e. The zero-order valence-electron chi connectivity index (χ0n) is 11.5. The van der Waals surface area contributed by atoms with Crippen LogP contribution in [0.4, 0.5) is 0 Å². The molecule has 2 rings (SSSR count). The first-order chi connectivity index (χ1) is 9.06. The first-order valence-electron chi connectivity index (χ1n) is 6.88. The number of nitrogens with one attached hydrogen (secondary N) is 1. The average molecular weight is 302 g/mol. The second kappa shape index (κ2) is 6.83. The molecular weight excluding hydrogens is 281 g/mol. The maximum atomic E-state index is 6.19. The lowest BCUT2D eigenvalue weighted by molar-refractivity contribution is 0.119. The molecule has 0 radical (unpaired) electrons. The van der Waals surface area contributed by atoms with E-state index in [2.05, 4.69) is 19.2 Å². The van der Waals surface area contributed by atoms with E-state index in [-0.39, 0.29) is 6.10 Å². The Kier molecular flexibility index (Phi) is 5.37. The van der Waals surface area contributed by atoms with Crippen LogP contribution in [-0.2, 0) is 0 Å². The van der Waals surface area contributed by atoms with Gasteiger partial charge in [0.2, 0.25) is 0 Å². The van der Waals surface area contributed by atoms with Crippen LogP contribution in [0.3, 0.4) is 0 Å². The highest BCUT2D eigenvalue weighted by atomic mass is 35.5. The molecule has 0 aromatic heterocycles. The summed E-state index contributed by atoms with van der Waals surface area (Å²) in [5, 5.41) is 4.63.